The molecule has 0 bridgehead atoms. The van der Waals surface area contributed by atoms with E-state index in [1.807, 2.05) is 55.5 Å². The number of aryl methyl sites for hydroxylation is 1. The normalized spacial score (nSPS) is 11.1. The quantitative estimate of drug-likeness (QED) is 0.749. The average molecular weight is 292 g/mol. The van der Waals surface area contributed by atoms with Gasteiger partial charge in [0.05, 0.1) is 0 Å². The first-order chi connectivity index (χ1) is 10.7. The molecule has 0 aliphatic rings. The van der Waals surface area contributed by atoms with Crippen molar-refractivity contribution in [3.05, 3.63) is 71.6 Å². The van der Waals surface area contributed by atoms with Crippen LogP contribution in [0.4, 0.5) is 0 Å². The van der Waals surface area contributed by atoms with Crippen LogP contribution in [0.2, 0.25) is 0 Å². The summed E-state index contributed by atoms with van der Waals surface area (Å²) in [5, 5.41) is 2.83. The van der Waals surface area contributed by atoms with Crippen molar-refractivity contribution in [3.63, 3.8) is 0 Å². The molecular formula is C18H16N2O2. The fourth-order valence-corrected chi connectivity index (χ4v) is 2.18. The molecule has 4 nitrogen and oxygen atoms in total. The van der Waals surface area contributed by atoms with Gasteiger partial charge in [-0.25, -0.2) is 4.98 Å². The van der Waals surface area contributed by atoms with Crippen LogP contribution in [0.15, 0.2) is 59.0 Å². The first kappa shape index (κ1) is 14.1. The van der Waals surface area contributed by atoms with Crippen LogP contribution < -0.4 is 5.32 Å². The van der Waals surface area contributed by atoms with Crippen LogP contribution in [0.25, 0.3) is 17.2 Å². The Bertz CT molecular complexity index is 801. The van der Waals surface area contributed by atoms with Crippen LogP contribution in [-0.4, -0.2) is 10.9 Å². The molecule has 0 spiro atoms. The highest BCUT2D eigenvalue weighted by Gasteiger charge is 2.02. The van der Waals surface area contributed by atoms with Gasteiger partial charge in [-0.15, -0.1) is 0 Å². The van der Waals surface area contributed by atoms with Gasteiger partial charge in [0.25, 0.3) is 0 Å². The lowest BCUT2D eigenvalue weighted by molar-refractivity contribution is -0.116. The molecule has 22 heavy (non-hydrogen) atoms. The molecule has 0 unspecified atom stereocenters. The highest BCUT2D eigenvalue weighted by atomic mass is 16.3. The molecule has 1 heterocycles. The predicted octanol–water partition coefficient (Wildman–Crippen LogP) is 3.47. The Hall–Kier alpha value is -2.88. The van der Waals surface area contributed by atoms with Gasteiger partial charge in [0, 0.05) is 18.7 Å². The summed E-state index contributed by atoms with van der Waals surface area (Å²) < 4.78 is 5.52. The number of oxazole rings is 1. The Morgan fingerprint density at radius 2 is 2.09 bits per heavy atom. The van der Waals surface area contributed by atoms with Crippen molar-refractivity contribution in [1.29, 1.82) is 0 Å². The van der Waals surface area contributed by atoms with Crippen LogP contribution in [-0.2, 0) is 11.3 Å². The van der Waals surface area contributed by atoms with Gasteiger partial charge in [-0.1, -0.05) is 42.0 Å². The van der Waals surface area contributed by atoms with Crippen molar-refractivity contribution in [2.75, 3.05) is 0 Å². The highest BCUT2D eigenvalue weighted by Crippen LogP contribution is 2.15. The van der Waals surface area contributed by atoms with Gasteiger partial charge in [0.2, 0.25) is 11.8 Å². The number of hydrogen-bond acceptors (Lipinski definition) is 3. The van der Waals surface area contributed by atoms with Crippen molar-refractivity contribution in [2.24, 2.45) is 0 Å². The van der Waals surface area contributed by atoms with Crippen LogP contribution in [0.1, 0.15) is 17.0 Å². The zero-order valence-corrected chi connectivity index (χ0v) is 12.2. The fourth-order valence-electron chi connectivity index (χ4n) is 2.18. The Morgan fingerprint density at radius 1 is 1.23 bits per heavy atom. The van der Waals surface area contributed by atoms with Crippen LogP contribution in [0.3, 0.4) is 0 Å². The number of amides is 1. The average Bonchev–Trinajstić information content (AvgIpc) is 2.94. The number of carbonyl (C=O) groups excluding carboxylic acids is 1. The smallest absolute Gasteiger partial charge is 0.244 e. The molecule has 1 N–H and O–H groups in total. The Kier molecular flexibility index (Phi) is 4.01. The van der Waals surface area contributed by atoms with E-state index < -0.39 is 0 Å². The van der Waals surface area contributed by atoms with Crippen LogP contribution >= 0.6 is 0 Å². The summed E-state index contributed by atoms with van der Waals surface area (Å²) in [6, 6.07) is 15.5. The molecule has 3 aromatic rings. The fraction of sp³-hybridized carbons (Fsp3) is 0.111. The third-order valence-electron chi connectivity index (χ3n) is 3.24. The van der Waals surface area contributed by atoms with Crippen molar-refractivity contribution in [3.8, 4) is 0 Å². The van der Waals surface area contributed by atoms with Crippen molar-refractivity contribution in [2.45, 2.75) is 13.5 Å². The number of para-hydroxylation sites is 2. The van der Waals surface area contributed by atoms with Gasteiger partial charge in [0.15, 0.2) is 5.58 Å². The molecule has 0 aliphatic carbocycles. The molecule has 1 aromatic heterocycles. The van der Waals surface area contributed by atoms with E-state index in [2.05, 4.69) is 10.3 Å². The second-order valence-corrected chi connectivity index (χ2v) is 5.06. The molecule has 0 radical (unpaired) electrons. The number of carbonyl (C=O) groups is 1. The minimum atomic E-state index is -0.177. The van der Waals surface area contributed by atoms with E-state index in [0.717, 1.165) is 11.1 Å². The first-order valence-electron chi connectivity index (χ1n) is 7.08. The van der Waals surface area contributed by atoms with E-state index in [-0.39, 0.29) is 5.91 Å². The van der Waals surface area contributed by atoms with Gasteiger partial charge in [-0.05, 0) is 24.6 Å². The minimum Gasteiger partial charge on any atom is -0.437 e. The zero-order chi connectivity index (χ0) is 15.4. The Morgan fingerprint density at radius 3 is 2.91 bits per heavy atom. The number of nitrogens with zero attached hydrogens (tertiary/aromatic N) is 1. The van der Waals surface area contributed by atoms with E-state index >= 15 is 0 Å². The summed E-state index contributed by atoms with van der Waals surface area (Å²) in [7, 11) is 0. The molecule has 0 aliphatic heterocycles. The Labute approximate surface area is 128 Å². The molecule has 1 amide bonds. The topological polar surface area (TPSA) is 55.1 Å². The van der Waals surface area contributed by atoms with Crippen molar-refractivity contribution in [1.82, 2.24) is 10.3 Å². The standard InChI is InChI=1S/C18H16N2O2/c1-13-5-4-6-14(11-13)12-19-17(21)9-10-18-20-15-7-2-3-8-16(15)22-18/h2-11H,12H2,1H3,(H,19,21)/b10-9+. The summed E-state index contributed by atoms with van der Waals surface area (Å²) in [6.45, 7) is 2.52. The maximum atomic E-state index is 11.8. The van der Waals surface area contributed by atoms with Crippen molar-refractivity contribution >= 4 is 23.1 Å². The lowest BCUT2D eigenvalue weighted by atomic mass is 10.1. The molecular weight excluding hydrogens is 276 g/mol. The first-order valence-corrected chi connectivity index (χ1v) is 7.08. The summed E-state index contributed by atoms with van der Waals surface area (Å²) in [5.41, 5.74) is 3.74. The molecule has 0 atom stereocenters. The highest BCUT2D eigenvalue weighted by molar-refractivity contribution is 5.91. The van der Waals surface area contributed by atoms with E-state index in [1.54, 1.807) is 6.08 Å². The predicted molar refractivity (Wildman–Crippen MR) is 86.1 cm³/mol. The Balaban J connectivity index is 1.61. The van der Waals surface area contributed by atoms with E-state index in [0.29, 0.717) is 18.0 Å². The molecule has 3 rings (SSSR count). The summed E-state index contributed by atoms with van der Waals surface area (Å²) >= 11 is 0. The molecule has 0 saturated carbocycles. The zero-order valence-electron chi connectivity index (χ0n) is 12.2. The SMILES string of the molecule is Cc1cccc(CNC(=O)/C=C/c2nc3ccccc3o2)c1. The van der Waals surface area contributed by atoms with Gasteiger partial charge >= 0.3 is 0 Å². The number of benzene rings is 2. The van der Waals surface area contributed by atoms with E-state index in [9.17, 15) is 4.79 Å². The largest absolute Gasteiger partial charge is 0.437 e. The maximum Gasteiger partial charge on any atom is 0.244 e. The maximum absolute atomic E-state index is 11.8. The summed E-state index contributed by atoms with van der Waals surface area (Å²) in [6.07, 6.45) is 3.01. The molecule has 0 saturated heterocycles. The lowest BCUT2D eigenvalue weighted by Crippen LogP contribution is -2.20. The molecule has 0 fully saturated rings. The van der Waals surface area contributed by atoms with Gasteiger partial charge in [0.1, 0.15) is 5.52 Å². The second kappa shape index (κ2) is 6.26. The number of rotatable bonds is 4. The van der Waals surface area contributed by atoms with Gasteiger partial charge in [-0.3, -0.25) is 4.79 Å². The third-order valence-corrected chi connectivity index (χ3v) is 3.24. The van der Waals surface area contributed by atoms with Gasteiger partial charge in [-0.2, -0.15) is 0 Å². The summed E-state index contributed by atoms with van der Waals surface area (Å²) in [5.74, 6) is 0.246. The number of nitrogens with one attached hydrogen (secondary N) is 1. The molecule has 4 heteroatoms. The lowest BCUT2D eigenvalue weighted by Gasteiger charge is -2.03. The number of aromatic nitrogens is 1. The molecule has 110 valence electrons. The monoisotopic (exact) mass is 292 g/mol. The van der Waals surface area contributed by atoms with Crippen LogP contribution in [0, 0.1) is 6.92 Å². The van der Waals surface area contributed by atoms with E-state index in [4.69, 9.17) is 4.42 Å². The van der Waals surface area contributed by atoms with Gasteiger partial charge < -0.3 is 9.73 Å². The van der Waals surface area contributed by atoms with Crippen LogP contribution in [0.5, 0.6) is 0 Å². The van der Waals surface area contributed by atoms with E-state index in [1.165, 1.54) is 11.6 Å². The molecule has 2 aromatic carbocycles. The van der Waals surface area contributed by atoms with Crippen molar-refractivity contribution < 1.29 is 9.21 Å². The number of fused-ring (bicyclic) bond motifs is 1. The third kappa shape index (κ3) is 3.41. The second-order valence-electron chi connectivity index (χ2n) is 5.06. The number of hydrogen-bond donors (Lipinski definition) is 1. The minimum absolute atomic E-state index is 0.177. The summed E-state index contributed by atoms with van der Waals surface area (Å²) in [4.78, 5) is 16.1.